The van der Waals surface area contributed by atoms with E-state index in [0.29, 0.717) is 16.5 Å². The molecule has 0 aromatic heterocycles. The Kier molecular flexibility index (Phi) is 11.0. The van der Waals surface area contributed by atoms with E-state index in [2.05, 4.69) is 5.32 Å². The Morgan fingerprint density at radius 1 is 1.11 bits per heavy atom. The first-order valence-electron chi connectivity index (χ1n) is 11.9. The minimum Gasteiger partial charge on any atom is -0.497 e. The fourth-order valence-corrected chi connectivity index (χ4v) is 4.82. The number of rotatable bonds is 13. The first-order chi connectivity index (χ1) is 17.0. The highest BCUT2D eigenvalue weighted by Gasteiger charge is 2.27. The second-order valence-electron chi connectivity index (χ2n) is 8.79. The van der Waals surface area contributed by atoms with Crippen molar-refractivity contribution in [2.75, 3.05) is 24.2 Å². The summed E-state index contributed by atoms with van der Waals surface area (Å²) in [5, 5.41) is 3.47. The first kappa shape index (κ1) is 29.5. The topological polar surface area (TPSA) is 96.0 Å². The fraction of sp³-hybridized carbons (Fsp3) is 0.462. The number of amides is 2. The normalized spacial score (nSPS) is 12.9. The molecule has 2 amide bonds. The zero-order chi connectivity index (χ0) is 26.9. The van der Waals surface area contributed by atoms with Gasteiger partial charge in [0, 0.05) is 36.6 Å². The van der Waals surface area contributed by atoms with Crippen LogP contribution in [0, 0.1) is 0 Å². The molecule has 2 aromatic rings. The number of halogens is 1. The minimum atomic E-state index is -3.59. The maximum atomic E-state index is 13.3. The van der Waals surface area contributed by atoms with Gasteiger partial charge in [-0.2, -0.15) is 0 Å². The number of anilines is 1. The van der Waals surface area contributed by atoms with Crippen molar-refractivity contribution < 1.29 is 22.7 Å². The van der Waals surface area contributed by atoms with E-state index < -0.39 is 16.1 Å². The van der Waals surface area contributed by atoms with Gasteiger partial charge in [-0.05, 0) is 56.5 Å². The predicted molar refractivity (Wildman–Crippen MR) is 144 cm³/mol. The van der Waals surface area contributed by atoms with E-state index >= 15 is 0 Å². The third kappa shape index (κ3) is 8.71. The lowest BCUT2D eigenvalue weighted by Gasteiger charge is -2.30. The van der Waals surface area contributed by atoms with Gasteiger partial charge in [0.1, 0.15) is 11.8 Å². The average Bonchev–Trinajstić information content (AvgIpc) is 2.83. The summed E-state index contributed by atoms with van der Waals surface area (Å²) in [4.78, 5) is 27.7. The van der Waals surface area contributed by atoms with Gasteiger partial charge in [-0.1, -0.05) is 36.7 Å². The lowest BCUT2D eigenvalue weighted by molar-refractivity contribution is -0.140. The molecule has 0 fully saturated rings. The predicted octanol–water partition coefficient (Wildman–Crippen LogP) is 4.23. The Labute approximate surface area is 219 Å². The first-order valence-corrected chi connectivity index (χ1v) is 14.1. The zero-order valence-electron chi connectivity index (χ0n) is 21.5. The van der Waals surface area contributed by atoms with E-state index in [9.17, 15) is 18.0 Å². The molecule has 0 saturated carbocycles. The van der Waals surface area contributed by atoms with Gasteiger partial charge < -0.3 is 15.0 Å². The number of carbonyl (C=O) groups is 2. The molecule has 10 heteroatoms. The molecule has 0 saturated heterocycles. The van der Waals surface area contributed by atoms with Crippen molar-refractivity contribution in [3.8, 4) is 5.75 Å². The van der Waals surface area contributed by atoms with Crippen LogP contribution in [0.15, 0.2) is 48.5 Å². The van der Waals surface area contributed by atoms with E-state index in [4.69, 9.17) is 16.3 Å². The summed E-state index contributed by atoms with van der Waals surface area (Å²) in [7, 11) is -2.08. The number of ether oxygens (including phenoxy) is 1. The number of methoxy groups -OCH3 is 1. The number of sulfonamides is 1. The van der Waals surface area contributed by atoms with Crippen molar-refractivity contribution in [2.45, 2.75) is 58.7 Å². The lowest BCUT2D eigenvalue weighted by atomic mass is 10.1. The maximum Gasteiger partial charge on any atom is 0.242 e. The van der Waals surface area contributed by atoms with Crippen LogP contribution in [-0.2, 0) is 26.2 Å². The molecular weight excluding hydrogens is 502 g/mol. The summed E-state index contributed by atoms with van der Waals surface area (Å²) < 4.78 is 31.4. The molecule has 0 spiro atoms. The van der Waals surface area contributed by atoms with E-state index in [0.717, 1.165) is 18.2 Å². The zero-order valence-corrected chi connectivity index (χ0v) is 23.1. The molecule has 0 aliphatic carbocycles. The third-order valence-corrected chi connectivity index (χ3v) is 7.33. The molecule has 36 heavy (non-hydrogen) atoms. The van der Waals surface area contributed by atoms with E-state index in [1.165, 1.54) is 16.3 Å². The van der Waals surface area contributed by atoms with Gasteiger partial charge in [0.25, 0.3) is 0 Å². The summed E-state index contributed by atoms with van der Waals surface area (Å²) in [5.74, 6) is 0.0424. The Bertz CT molecular complexity index is 1140. The minimum absolute atomic E-state index is 0.0192. The van der Waals surface area contributed by atoms with Crippen molar-refractivity contribution in [3.63, 3.8) is 0 Å². The standard InChI is InChI=1S/C26H36ClN3O5S/c1-6-19(2)28-26(32)20(3)29(18-21-10-7-11-22(27)16-21)25(31)14-9-15-30(36(5,33)34)23-12-8-13-24(17-23)35-4/h7-8,10-13,16-17,19-20H,6,9,14-15,18H2,1-5H3,(H,28,32)/t19-,20+/m1/s1. The van der Waals surface area contributed by atoms with Crippen molar-refractivity contribution in [2.24, 2.45) is 0 Å². The van der Waals surface area contributed by atoms with Crippen LogP contribution in [0.1, 0.15) is 45.6 Å². The largest absolute Gasteiger partial charge is 0.497 e. The Morgan fingerprint density at radius 3 is 2.42 bits per heavy atom. The number of nitrogens with one attached hydrogen (secondary N) is 1. The summed E-state index contributed by atoms with van der Waals surface area (Å²) in [6.07, 6.45) is 2.24. The molecule has 2 aromatic carbocycles. The summed E-state index contributed by atoms with van der Waals surface area (Å²) >= 11 is 6.12. The lowest BCUT2D eigenvalue weighted by Crippen LogP contribution is -2.49. The second-order valence-corrected chi connectivity index (χ2v) is 11.1. The fourth-order valence-electron chi connectivity index (χ4n) is 3.65. The third-order valence-electron chi connectivity index (χ3n) is 5.90. The molecule has 1 N–H and O–H groups in total. The number of hydrogen-bond donors (Lipinski definition) is 1. The molecule has 198 valence electrons. The monoisotopic (exact) mass is 537 g/mol. The summed E-state index contributed by atoms with van der Waals surface area (Å²) in [6, 6.07) is 13.2. The smallest absolute Gasteiger partial charge is 0.242 e. The van der Waals surface area contributed by atoms with Gasteiger partial charge in [0.2, 0.25) is 21.8 Å². The Balaban J connectivity index is 2.18. The van der Waals surface area contributed by atoms with Crippen LogP contribution in [0.25, 0.3) is 0 Å². The van der Waals surface area contributed by atoms with Gasteiger partial charge in [-0.15, -0.1) is 0 Å². The molecule has 0 aliphatic rings. The molecule has 8 nitrogen and oxygen atoms in total. The van der Waals surface area contributed by atoms with Crippen LogP contribution >= 0.6 is 11.6 Å². The Morgan fingerprint density at radius 2 is 1.81 bits per heavy atom. The van der Waals surface area contributed by atoms with Crippen molar-refractivity contribution in [3.05, 3.63) is 59.1 Å². The van der Waals surface area contributed by atoms with Crippen LogP contribution < -0.4 is 14.4 Å². The molecule has 0 aliphatic heterocycles. The van der Waals surface area contributed by atoms with Crippen LogP contribution in [-0.4, -0.2) is 57.1 Å². The molecular formula is C26H36ClN3O5S. The van der Waals surface area contributed by atoms with Gasteiger partial charge in [0.05, 0.1) is 19.1 Å². The quantitative estimate of drug-likeness (QED) is 0.412. The molecule has 0 heterocycles. The van der Waals surface area contributed by atoms with Gasteiger partial charge in [0.15, 0.2) is 0 Å². The molecule has 2 atom stereocenters. The van der Waals surface area contributed by atoms with Crippen LogP contribution in [0.5, 0.6) is 5.75 Å². The van der Waals surface area contributed by atoms with Gasteiger partial charge in [-0.25, -0.2) is 8.42 Å². The average molecular weight is 538 g/mol. The number of nitrogens with zero attached hydrogens (tertiary/aromatic N) is 2. The highest BCUT2D eigenvalue weighted by atomic mass is 35.5. The SMILES string of the molecule is CC[C@@H](C)NC(=O)[C@H](C)N(Cc1cccc(Cl)c1)C(=O)CCCN(c1cccc(OC)c1)S(C)(=O)=O. The molecule has 0 unspecified atom stereocenters. The van der Waals surface area contributed by atoms with Crippen molar-refractivity contribution >= 4 is 39.1 Å². The molecule has 0 radical (unpaired) electrons. The van der Waals surface area contributed by atoms with Gasteiger partial charge in [-0.3, -0.25) is 13.9 Å². The van der Waals surface area contributed by atoms with Crippen molar-refractivity contribution in [1.82, 2.24) is 10.2 Å². The number of benzene rings is 2. The summed E-state index contributed by atoms with van der Waals surface area (Å²) in [6.45, 7) is 5.89. The van der Waals surface area contributed by atoms with E-state index in [1.54, 1.807) is 49.4 Å². The number of carbonyl (C=O) groups excluding carboxylic acids is 2. The highest BCUT2D eigenvalue weighted by Crippen LogP contribution is 2.24. The number of hydrogen-bond acceptors (Lipinski definition) is 5. The van der Waals surface area contributed by atoms with Gasteiger partial charge >= 0.3 is 0 Å². The van der Waals surface area contributed by atoms with E-state index in [-0.39, 0.29) is 43.8 Å². The molecule has 2 rings (SSSR count). The van der Waals surface area contributed by atoms with Crippen LogP contribution in [0.2, 0.25) is 5.02 Å². The van der Waals surface area contributed by atoms with Crippen LogP contribution in [0.4, 0.5) is 5.69 Å². The highest BCUT2D eigenvalue weighted by molar-refractivity contribution is 7.92. The van der Waals surface area contributed by atoms with Crippen molar-refractivity contribution in [1.29, 1.82) is 0 Å². The Hall–Kier alpha value is -2.78. The maximum absolute atomic E-state index is 13.3. The summed E-state index contributed by atoms with van der Waals surface area (Å²) in [5.41, 5.74) is 1.26. The van der Waals surface area contributed by atoms with E-state index in [1.807, 2.05) is 19.9 Å². The molecule has 0 bridgehead atoms. The van der Waals surface area contributed by atoms with Crippen LogP contribution in [0.3, 0.4) is 0 Å². The second kappa shape index (κ2) is 13.5.